The lowest BCUT2D eigenvalue weighted by Gasteiger charge is -2.11. The fourth-order valence-electron chi connectivity index (χ4n) is 3.33. The Morgan fingerprint density at radius 1 is 0.719 bits per heavy atom. The summed E-state index contributed by atoms with van der Waals surface area (Å²) in [6, 6.07) is 10.2. The SMILES string of the molecule is C=C(C)C(=O)OCCc1ccc2c(c1)c(F)c(F)c1cc(CCOC(=O)C(=C)C)ccc12. The van der Waals surface area contributed by atoms with Gasteiger partial charge in [-0.1, -0.05) is 37.4 Å². The smallest absolute Gasteiger partial charge is 0.333 e. The zero-order valence-electron chi connectivity index (χ0n) is 18.1. The maximum absolute atomic E-state index is 14.9. The molecule has 0 spiro atoms. The van der Waals surface area contributed by atoms with Crippen molar-refractivity contribution in [2.75, 3.05) is 13.2 Å². The Hall–Kier alpha value is -3.54. The summed E-state index contributed by atoms with van der Waals surface area (Å²) in [4.78, 5) is 23.0. The highest BCUT2D eigenvalue weighted by molar-refractivity contribution is 6.08. The monoisotopic (exact) mass is 438 g/mol. The topological polar surface area (TPSA) is 52.6 Å². The molecule has 0 unspecified atom stereocenters. The molecule has 0 atom stereocenters. The molecule has 6 heteroatoms. The van der Waals surface area contributed by atoms with Crippen LogP contribution in [0, 0.1) is 11.6 Å². The van der Waals surface area contributed by atoms with Gasteiger partial charge in [-0.2, -0.15) is 0 Å². The number of carbonyl (C=O) groups is 2. The van der Waals surface area contributed by atoms with E-state index in [1.807, 2.05) is 0 Å². The van der Waals surface area contributed by atoms with Gasteiger partial charge >= 0.3 is 11.9 Å². The van der Waals surface area contributed by atoms with Crippen molar-refractivity contribution >= 4 is 33.5 Å². The Balaban J connectivity index is 1.85. The van der Waals surface area contributed by atoms with Crippen LogP contribution in [0.3, 0.4) is 0 Å². The van der Waals surface area contributed by atoms with Crippen LogP contribution >= 0.6 is 0 Å². The first-order valence-electron chi connectivity index (χ1n) is 10.2. The van der Waals surface area contributed by atoms with Crippen molar-refractivity contribution in [2.24, 2.45) is 0 Å². The number of rotatable bonds is 8. The van der Waals surface area contributed by atoms with E-state index in [4.69, 9.17) is 9.47 Å². The molecule has 3 aromatic rings. The van der Waals surface area contributed by atoms with Gasteiger partial charge in [0, 0.05) is 34.8 Å². The number of halogens is 2. The minimum atomic E-state index is -0.931. The molecule has 0 fully saturated rings. The molecule has 0 bridgehead atoms. The summed E-state index contributed by atoms with van der Waals surface area (Å²) in [7, 11) is 0. The summed E-state index contributed by atoms with van der Waals surface area (Å²) in [6.07, 6.45) is 0.742. The Morgan fingerprint density at radius 2 is 1.09 bits per heavy atom. The number of hydrogen-bond donors (Lipinski definition) is 0. The highest BCUT2D eigenvalue weighted by atomic mass is 19.2. The predicted molar refractivity (Wildman–Crippen MR) is 120 cm³/mol. The number of hydrogen-bond acceptors (Lipinski definition) is 4. The van der Waals surface area contributed by atoms with Crippen LogP contribution in [-0.4, -0.2) is 25.2 Å². The van der Waals surface area contributed by atoms with E-state index >= 15 is 0 Å². The zero-order chi connectivity index (χ0) is 23.4. The van der Waals surface area contributed by atoms with Crippen molar-refractivity contribution in [1.29, 1.82) is 0 Å². The van der Waals surface area contributed by atoms with Gasteiger partial charge in [0.1, 0.15) is 0 Å². The van der Waals surface area contributed by atoms with Crippen LogP contribution in [0.1, 0.15) is 25.0 Å². The summed E-state index contributed by atoms with van der Waals surface area (Å²) in [5.41, 5.74) is 2.05. The molecular formula is C26H24F2O4. The normalized spacial score (nSPS) is 10.9. The van der Waals surface area contributed by atoms with E-state index in [1.165, 1.54) is 0 Å². The van der Waals surface area contributed by atoms with Crippen LogP contribution in [0.5, 0.6) is 0 Å². The van der Waals surface area contributed by atoms with Gasteiger partial charge in [0.15, 0.2) is 11.6 Å². The molecule has 0 saturated heterocycles. The second-order valence-electron chi connectivity index (χ2n) is 7.72. The average molecular weight is 438 g/mol. The molecule has 0 radical (unpaired) electrons. The largest absolute Gasteiger partial charge is 0.462 e. The third-order valence-electron chi connectivity index (χ3n) is 5.07. The van der Waals surface area contributed by atoms with E-state index < -0.39 is 23.6 Å². The highest BCUT2D eigenvalue weighted by Gasteiger charge is 2.16. The first-order valence-corrected chi connectivity index (χ1v) is 10.2. The summed E-state index contributed by atoms with van der Waals surface area (Å²) >= 11 is 0. The minimum Gasteiger partial charge on any atom is -0.462 e. The Morgan fingerprint density at radius 3 is 1.44 bits per heavy atom. The fourth-order valence-corrected chi connectivity index (χ4v) is 3.33. The molecule has 166 valence electrons. The highest BCUT2D eigenvalue weighted by Crippen LogP contribution is 2.32. The molecule has 0 heterocycles. The van der Waals surface area contributed by atoms with Crippen molar-refractivity contribution in [2.45, 2.75) is 26.7 Å². The van der Waals surface area contributed by atoms with E-state index in [9.17, 15) is 18.4 Å². The third kappa shape index (κ3) is 5.02. The molecule has 3 aromatic carbocycles. The second kappa shape index (κ2) is 9.73. The minimum absolute atomic E-state index is 0.119. The quantitative estimate of drug-likeness (QED) is 0.261. The first kappa shape index (κ1) is 23.1. The van der Waals surface area contributed by atoms with Crippen LogP contribution in [0.4, 0.5) is 8.78 Å². The summed E-state index contributed by atoms with van der Waals surface area (Å²) in [5.74, 6) is -2.84. The zero-order valence-corrected chi connectivity index (χ0v) is 18.1. The lowest BCUT2D eigenvalue weighted by atomic mass is 9.96. The van der Waals surface area contributed by atoms with Crippen LogP contribution < -0.4 is 0 Å². The van der Waals surface area contributed by atoms with Gasteiger partial charge in [-0.15, -0.1) is 0 Å². The average Bonchev–Trinajstić information content (AvgIpc) is 2.77. The van der Waals surface area contributed by atoms with Gasteiger partial charge in [0.25, 0.3) is 0 Å². The van der Waals surface area contributed by atoms with Crippen LogP contribution in [0.2, 0.25) is 0 Å². The molecule has 0 amide bonds. The molecule has 0 aliphatic rings. The van der Waals surface area contributed by atoms with Gasteiger partial charge in [0.2, 0.25) is 0 Å². The molecule has 0 aliphatic carbocycles. The van der Waals surface area contributed by atoms with Crippen LogP contribution in [0.15, 0.2) is 60.7 Å². The van der Waals surface area contributed by atoms with Crippen molar-refractivity contribution < 1.29 is 27.8 Å². The lowest BCUT2D eigenvalue weighted by Crippen LogP contribution is -2.08. The molecular weight excluding hydrogens is 414 g/mol. The number of carbonyl (C=O) groups excluding carboxylic acids is 2. The van der Waals surface area contributed by atoms with Gasteiger partial charge in [0.05, 0.1) is 13.2 Å². The van der Waals surface area contributed by atoms with Crippen molar-refractivity contribution in [3.63, 3.8) is 0 Å². The van der Waals surface area contributed by atoms with Crippen molar-refractivity contribution in [3.05, 3.63) is 83.5 Å². The van der Waals surface area contributed by atoms with Crippen molar-refractivity contribution in [3.8, 4) is 0 Å². The van der Waals surface area contributed by atoms with E-state index in [2.05, 4.69) is 13.2 Å². The summed E-state index contributed by atoms with van der Waals surface area (Å²) in [5, 5.41) is 1.51. The molecule has 32 heavy (non-hydrogen) atoms. The maximum atomic E-state index is 14.9. The number of benzene rings is 3. The molecule has 0 N–H and O–H groups in total. The summed E-state index contributed by atoms with van der Waals surface area (Å²) < 4.78 is 39.9. The van der Waals surface area contributed by atoms with E-state index in [1.54, 1.807) is 50.2 Å². The van der Waals surface area contributed by atoms with E-state index in [0.29, 0.717) is 34.8 Å². The standard InChI is InChI=1S/C26H24F2O4/c1-15(2)25(29)31-11-9-17-5-7-19-20-8-6-18(10-12-32-26(30)16(3)4)14-22(20)24(28)23(27)21(19)13-17/h5-8,13-14H,1,3,9-12H2,2,4H3. The number of ether oxygens (including phenoxy) is 2. The van der Waals surface area contributed by atoms with E-state index in [0.717, 1.165) is 11.1 Å². The summed E-state index contributed by atoms with van der Waals surface area (Å²) in [6.45, 7) is 10.4. The second-order valence-corrected chi connectivity index (χ2v) is 7.72. The molecule has 3 rings (SSSR count). The Labute approximate surface area is 185 Å². The Kier molecular flexibility index (Phi) is 7.03. The van der Waals surface area contributed by atoms with Crippen LogP contribution in [-0.2, 0) is 31.9 Å². The maximum Gasteiger partial charge on any atom is 0.333 e. The number of fused-ring (bicyclic) bond motifs is 3. The molecule has 0 aliphatic heterocycles. The molecule has 0 saturated carbocycles. The van der Waals surface area contributed by atoms with Gasteiger partial charge in [-0.05, 0) is 47.9 Å². The van der Waals surface area contributed by atoms with Gasteiger partial charge in [-0.25, -0.2) is 18.4 Å². The molecule has 4 nitrogen and oxygen atoms in total. The third-order valence-corrected chi connectivity index (χ3v) is 5.07. The van der Waals surface area contributed by atoms with Crippen molar-refractivity contribution in [1.82, 2.24) is 0 Å². The predicted octanol–water partition coefficient (Wildman–Crippen LogP) is 5.59. The fraction of sp³-hybridized carbons (Fsp3) is 0.231. The first-order chi connectivity index (χ1) is 15.2. The molecule has 0 aromatic heterocycles. The Bertz CT molecular complexity index is 1150. The number of esters is 2. The van der Waals surface area contributed by atoms with Gasteiger partial charge < -0.3 is 9.47 Å². The van der Waals surface area contributed by atoms with E-state index in [-0.39, 0.29) is 24.0 Å². The van der Waals surface area contributed by atoms with Gasteiger partial charge in [-0.3, -0.25) is 0 Å². The van der Waals surface area contributed by atoms with Crippen LogP contribution in [0.25, 0.3) is 21.5 Å². The lowest BCUT2D eigenvalue weighted by molar-refractivity contribution is -0.139.